The first kappa shape index (κ1) is 20.0. The molecule has 22 heavy (non-hydrogen) atoms. The SMILES string of the molecule is CC.CC.CCOC(=O)C1(c2ccc([N+](=O)[O-])nc2)CCC1. The number of hydrogen-bond donors (Lipinski definition) is 0. The van der Waals surface area contributed by atoms with Crippen LogP contribution in [0.1, 0.15) is 59.4 Å². The van der Waals surface area contributed by atoms with Gasteiger partial charge in [0, 0.05) is 11.6 Å². The van der Waals surface area contributed by atoms with Crippen molar-refractivity contribution < 1.29 is 14.5 Å². The molecule has 124 valence electrons. The molecular weight excluding hydrogens is 284 g/mol. The van der Waals surface area contributed by atoms with Crippen LogP contribution in [0.3, 0.4) is 0 Å². The van der Waals surface area contributed by atoms with Crippen LogP contribution in [0.5, 0.6) is 0 Å². The Bertz CT molecular complexity index is 468. The number of pyridine rings is 1. The molecule has 0 unspecified atom stereocenters. The van der Waals surface area contributed by atoms with Crippen molar-refractivity contribution in [2.24, 2.45) is 0 Å². The Morgan fingerprint density at radius 2 is 1.91 bits per heavy atom. The van der Waals surface area contributed by atoms with Gasteiger partial charge in [-0.1, -0.05) is 34.1 Å². The fourth-order valence-electron chi connectivity index (χ4n) is 2.19. The van der Waals surface area contributed by atoms with Gasteiger partial charge in [0.1, 0.15) is 6.20 Å². The monoisotopic (exact) mass is 310 g/mol. The molecule has 1 aromatic heterocycles. The van der Waals surface area contributed by atoms with E-state index >= 15 is 0 Å². The number of esters is 1. The van der Waals surface area contributed by atoms with E-state index in [1.807, 2.05) is 27.7 Å². The van der Waals surface area contributed by atoms with Crippen LogP contribution in [0.15, 0.2) is 18.3 Å². The van der Waals surface area contributed by atoms with Gasteiger partial charge in [-0.15, -0.1) is 0 Å². The third-order valence-electron chi connectivity index (χ3n) is 3.36. The zero-order chi connectivity index (χ0) is 17.2. The molecule has 6 heteroatoms. The van der Waals surface area contributed by atoms with Gasteiger partial charge in [0.05, 0.1) is 12.0 Å². The second-order valence-corrected chi connectivity index (χ2v) is 4.32. The zero-order valence-electron chi connectivity index (χ0n) is 14.1. The summed E-state index contributed by atoms with van der Waals surface area (Å²) in [6.45, 7) is 10.1. The van der Waals surface area contributed by atoms with Gasteiger partial charge in [-0.05, 0) is 35.7 Å². The maximum Gasteiger partial charge on any atom is 0.363 e. The standard InChI is InChI=1S/C12H14N2O4.2C2H6/c1-2-18-11(15)12(6-3-7-12)9-4-5-10(13-8-9)14(16)17;2*1-2/h4-5,8H,2-3,6-7H2,1H3;2*1-2H3. The van der Waals surface area contributed by atoms with Crippen molar-refractivity contribution in [3.8, 4) is 0 Å². The van der Waals surface area contributed by atoms with Gasteiger partial charge in [-0.25, -0.2) is 0 Å². The second-order valence-electron chi connectivity index (χ2n) is 4.32. The Morgan fingerprint density at radius 3 is 2.23 bits per heavy atom. The van der Waals surface area contributed by atoms with E-state index in [1.165, 1.54) is 12.3 Å². The Balaban J connectivity index is 0.00000102. The van der Waals surface area contributed by atoms with Gasteiger partial charge in [0.2, 0.25) is 0 Å². The van der Waals surface area contributed by atoms with Gasteiger partial charge in [0.25, 0.3) is 0 Å². The molecule has 0 amide bonds. The Hall–Kier alpha value is -1.98. The number of carbonyl (C=O) groups is 1. The molecular formula is C16H26N2O4. The molecule has 1 aromatic rings. The summed E-state index contributed by atoms with van der Waals surface area (Å²) >= 11 is 0. The van der Waals surface area contributed by atoms with Gasteiger partial charge < -0.3 is 14.9 Å². The van der Waals surface area contributed by atoms with Crippen molar-refractivity contribution in [1.29, 1.82) is 0 Å². The van der Waals surface area contributed by atoms with E-state index < -0.39 is 10.3 Å². The van der Waals surface area contributed by atoms with Crippen molar-refractivity contribution in [1.82, 2.24) is 4.98 Å². The number of hydrogen-bond acceptors (Lipinski definition) is 5. The van der Waals surface area contributed by atoms with E-state index in [4.69, 9.17) is 4.74 Å². The maximum absolute atomic E-state index is 12.0. The molecule has 0 atom stereocenters. The molecule has 1 aliphatic carbocycles. The van der Waals surface area contributed by atoms with Crippen molar-refractivity contribution in [3.05, 3.63) is 34.0 Å². The van der Waals surface area contributed by atoms with Crippen LogP contribution >= 0.6 is 0 Å². The molecule has 1 aliphatic rings. The van der Waals surface area contributed by atoms with E-state index in [1.54, 1.807) is 13.0 Å². The van der Waals surface area contributed by atoms with E-state index in [9.17, 15) is 14.9 Å². The van der Waals surface area contributed by atoms with Crippen LogP contribution in [0.25, 0.3) is 0 Å². The lowest BCUT2D eigenvalue weighted by atomic mass is 9.65. The molecule has 0 radical (unpaired) electrons. The molecule has 6 nitrogen and oxygen atoms in total. The van der Waals surface area contributed by atoms with Crippen molar-refractivity contribution in [2.75, 3.05) is 6.61 Å². The number of ether oxygens (including phenoxy) is 1. The number of carbonyl (C=O) groups excluding carboxylic acids is 1. The van der Waals surface area contributed by atoms with Crippen LogP contribution in [-0.2, 0) is 14.9 Å². The minimum absolute atomic E-state index is 0.211. The summed E-state index contributed by atoms with van der Waals surface area (Å²) in [6.07, 6.45) is 3.79. The van der Waals surface area contributed by atoms with Crippen LogP contribution < -0.4 is 0 Å². The number of rotatable bonds is 4. The molecule has 1 heterocycles. The first-order chi connectivity index (χ1) is 10.6. The molecule has 0 aliphatic heterocycles. The third kappa shape index (κ3) is 4.26. The van der Waals surface area contributed by atoms with E-state index in [0.29, 0.717) is 25.0 Å². The highest BCUT2D eigenvalue weighted by molar-refractivity contribution is 5.84. The fraction of sp³-hybridized carbons (Fsp3) is 0.625. The quantitative estimate of drug-likeness (QED) is 0.476. The highest BCUT2D eigenvalue weighted by atomic mass is 16.6. The lowest BCUT2D eigenvalue weighted by Gasteiger charge is -2.38. The zero-order valence-corrected chi connectivity index (χ0v) is 14.1. The molecule has 1 fully saturated rings. The largest absolute Gasteiger partial charge is 0.465 e. The normalized spacial score (nSPS) is 14.2. The molecule has 2 rings (SSSR count). The molecule has 0 aromatic carbocycles. The minimum Gasteiger partial charge on any atom is -0.465 e. The van der Waals surface area contributed by atoms with Crippen molar-refractivity contribution >= 4 is 11.8 Å². The summed E-state index contributed by atoms with van der Waals surface area (Å²) in [5.74, 6) is -0.469. The first-order valence-electron chi connectivity index (χ1n) is 7.88. The van der Waals surface area contributed by atoms with Crippen LogP contribution in [0, 0.1) is 10.1 Å². The lowest BCUT2D eigenvalue weighted by Crippen LogP contribution is -2.43. The van der Waals surface area contributed by atoms with Crippen LogP contribution in [-0.4, -0.2) is 22.5 Å². The number of nitrogens with zero attached hydrogens (tertiary/aromatic N) is 2. The fourth-order valence-corrected chi connectivity index (χ4v) is 2.19. The van der Waals surface area contributed by atoms with Gasteiger partial charge in [0.15, 0.2) is 0 Å². The van der Waals surface area contributed by atoms with E-state index in [0.717, 1.165) is 6.42 Å². The van der Waals surface area contributed by atoms with Gasteiger partial charge in [-0.2, -0.15) is 0 Å². The number of aromatic nitrogens is 1. The van der Waals surface area contributed by atoms with E-state index in [2.05, 4.69) is 4.98 Å². The Morgan fingerprint density at radius 1 is 1.32 bits per heavy atom. The summed E-state index contributed by atoms with van der Waals surface area (Å²) in [5, 5.41) is 10.5. The third-order valence-corrected chi connectivity index (χ3v) is 3.36. The van der Waals surface area contributed by atoms with Crippen molar-refractivity contribution in [3.63, 3.8) is 0 Å². The van der Waals surface area contributed by atoms with Gasteiger partial charge >= 0.3 is 11.8 Å². The lowest BCUT2D eigenvalue weighted by molar-refractivity contribution is -0.389. The minimum atomic E-state index is -0.641. The van der Waals surface area contributed by atoms with Crippen molar-refractivity contribution in [2.45, 2.75) is 59.3 Å². The first-order valence-corrected chi connectivity index (χ1v) is 7.88. The second kappa shape index (κ2) is 9.87. The molecule has 0 spiro atoms. The smallest absolute Gasteiger partial charge is 0.363 e. The predicted molar refractivity (Wildman–Crippen MR) is 85.7 cm³/mol. The molecule has 0 saturated heterocycles. The predicted octanol–water partition coefficient (Wildman–Crippen LogP) is 4.03. The highest BCUT2D eigenvalue weighted by Crippen LogP contribution is 2.44. The molecule has 1 saturated carbocycles. The molecule has 0 N–H and O–H groups in total. The Labute approximate surface area is 132 Å². The average Bonchev–Trinajstić information content (AvgIpc) is 2.51. The van der Waals surface area contributed by atoms with Gasteiger partial charge in [-0.3, -0.25) is 4.79 Å². The average molecular weight is 310 g/mol. The summed E-state index contributed by atoms with van der Waals surface area (Å²) in [6, 6.07) is 2.93. The summed E-state index contributed by atoms with van der Waals surface area (Å²) in [4.78, 5) is 25.7. The number of nitro groups is 1. The summed E-state index contributed by atoms with van der Waals surface area (Å²) in [7, 11) is 0. The summed E-state index contributed by atoms with van der Waals surface area (Å²) < 4.78 is 5.08. The van der Waals surface area contributed by atoms with E-state index in [-0.39, 0.29) is 11.8 Å². The summed E-state index contributed by atoms with van der Waals surface area (Å²) in [5.41, 5.74) is 0.0656. The maximum atomic E-state index is 12.0. The molecule has 0 bridgehead atoms. The topological polar surface area (TPSA) is 82.3 Å². The Kier molecular flexibility index (Phi) is 8.98. The highest BCUT2D eigenvalue weighted by Gasteiger charge is 2.48. The van der Waals surface area contributed by atoms with Crippen LogP contribution in [0.4, 0.5) is 5.82 Å². The van der Waals surface area contributed by atoms with Crippen LogP contribution in [0.2, 0.25) is 0 Å².